The quantitative estimate of drug-likeness (QED) is 0.556. The van der Waals surface area contributed by atoms with E-state index in [1.165, 1.54) is 30.4 Å². The third-order valence-corrected chi connectivity index (χ3v) is 4.85. The Hall–Kier alpha value is -1.78. The molecule has 2 N–H and O–H groups in total. The summed E-state index contributed by atoms with van der Waals surface area (Å²) in [6.45, 7) is 15.8. The monoisotopic (exact) mass is 374 g/mol. The zero-order valence-corrected chi connectivity index (χ0v) is 17.9. The van der Waals surface area contributed by atoms with E-state index >= 15 is 0 Å². The van der Waals surface area contributed by atoms with Gasteiger partial charge in [0.05, 0.1) is 0 Å². The summed E-state index contributed by atoms with van der Waals surface area (Å²) in [5.74, 6) is 0. The van der Waals surface area contributed by atoms with Crippen molar-refractivity contribution in [2.75, 3.05) is 0 Å². The molecule has 0 bridgehead atoms. The molecule has 0 aliphatic heterocycles. The number of rotatable bonds is 6. The molecule has 2 heterocycles. The van der Waals surface area contributed by atoms with E-state index in [9.17, 15) is 0 Å². The van der Waals surface area contributed by atoms with Gasteiger partial charge in [-0.15, -0.1) is 0 Å². The molecular weight excluding hydrogens is 336 g/mol. The van der Waals surface area contributed by atoms with Crippen LogP contribution in [0.1, 0.15) is 71.9 Å². The molecule has 0 amide bonds. The lowest BCUT2D eigenvalue weighted by atomic mass is 9.88. The van der Waals surface area contributed by atoms with Crippen LogP contribution >= 0.6 is 0 Å². The summed E-state index contributed by atoms with van der Waals surface area (Å²) in [6.07, 6.45) is 12.6. The highest BCUT2D eigenvalue weighted by molar-refractivity contribution is 5.18. The molecule has 152 valence electrons. The second-order valence-corrected chi connectivity index (χ2v) is 9.21. The second-order valence-electron chi connectivity index (χ2n) is 9.21. The molecular formula is C23H38N2O2. The SMILES string of the molecule is CC(C)(C)c1cc[n+](CCCCC[n+]2ccc(C(C)(C)C)cc2)cc1.[OH-].[OH-]. The highest BCUT2D eigenvalue weighted by Crippen LogP contribution is 2.21. The fraction of sp³-hybridized carbons (Fsp3) is 0.565. The highest BCUT2D eigenvalue weighted by Gasteiger charge is 2.15. The molecule has 4 heteroatoms. The molecule has 0 spiro atoms. The number of pyridine rings is 2. The fourth-order valence-corrected chi connectivity index (χ4v) is 2.98. The first-order valence-electron chi connectivity index (χ1n) is 9.65. The Morgan fingerprint density at radius 3 is 1.11 bits per heavy atom. The standard InChI is InChI=1S/C23H36N2.2H2O/c1-22(2,3)20-10-16-24(17-11-20)14-8-7-9-15-25-18-12-21(13-19-25)23(4,5)6;;/h10-13,16-19H,7-9,14-15H2,1-6H3;2*1H2/q+2;;/p-2. The summed E-state index contributed by atoms with van der Waals surface area (Å²) >= 11 is 0. The Labute approximate surface area is 165 Å². The largest absolute Gasteiger partial charge is 0.870 e. The topological polar surface area (TPSA) is 67.8 Å². The van der Waals surface area contributed by atoms with Gasteiger partial charge in [0.1, 0.15) is 13.1 Å². The van der Waals surface area contributed by atoms with Gasteiger partial charge >= 0.3 is 0 Å². The summed E-state index contributed by atoms with van der Waals surface area (Å²) in [7, 11) is 0. The van der Waals surface area contributed by atoms with Crippen LogP contribution < -0.4 is 9.13 Å². The minimum atomic E-state index is 0. The average Bonchev–Trinajstić information content (AvgIpc) is 2.54. The summed E-state index contributed by atoms with van der Waals surface area (Å²) in [5, 5.41) is 0. The van der Waals surface area contributed by atoms with E-state index < -0.39 is 0 Å². The molecule has 2 aromatic heterocycles. The van der Waals surface area contributed by atoms with Crippen LogP contribution in [-0.4, -0.2) is 11.0 Å². The fourth-order valence-electron chi connectivity index (χ4n) is 2.98. The molecule has 0 fully saturated rings. The Kier molecular flexibility index (Phi) is 9.83. The first-order chi connectivity index (χ1) is 11.7. The van der Waals surface area contributed by atoms with Crippen LogP contribution in [0.25, 0.3) is 0 Å². The van der Waals surface area contributed by atoms with Crippen LogP contribution in [0, 0.1) is 0 Å². The maximum Gasteiger partial charge on any atom is 0.169 e. The van der Waals surface area contributed by atoms with Gasteiger partial charge in [0.25, 0.3) is 0 Å². The van der Waals surface area contributed by atoms with E-state index in [0.29, 0.717) is 0 Å². The van der Waals surface area contributed by atoms with Crippen molar-refractivity contribution in [3.8, 4) is 0 Å². The Morgan fingerprint density at radius 2 is 0.852 bits per heavy atom. The van der Waals surface area contributed by atoms with Gasteiger partial charge in [-0.05, 0) is 28.4 Å². The van der Waals surface area contributed by atoms with Crippen molar-refractivity contribution in [3.05, 3.63) is 60.2 Å². The summed E-state index contributed by atoms with van der Waals surface area (Å²) in [5.41, 5.74) is 3.27. The van der Waals surface area contributed by atoms with Crippen molar-refractivity contribution >= 4 is 0 Å². The van der Waals surface area contributed by atoms with Crippen molar-refractivity contribution in [2.24, 2.45) is 0 Å². The van der Waals surface area contributed by atoms with Gasteiger partial charge in [-0.2, -0.15) is 0 Å². The Morgan fingerprint density at radius 1 is 0.556 bits per heavy atom. The molecule has 0 saturated carbocycles. The molecule has 27 heavy (non-hydrogen) atoms. The molecule has 2 rings (SSSR count). The third-order valence-electron chi connectivity index (χ3n) is 4.85. The van der Waals surface area contributed by atoms with Gasteiger partial charge in [0.15, 0.2) is 24.8 Å². The van der Waals surface area contributed by atoms with Crippen molar-refractivity contribution < 1.29 is 20.1 Å². The van der Waals surface area contributed by atoms with E-state index in [1.54, 1.807) is 0 Å². The zero-order valence-electron chi connectivity index (χ0n) is 17.9. The van der Waals surface area contributed by atoms with E-state index in [2.05, 4.69) is 99.7 Å². The predicted octanol–water partition coefficient (Wildman–Crippen LogP) is 4.37. The minimum Gasteiger partial charge on any atom is -0.870 e. The molecule has 2 aromatic rings. The Bertz CT molecular complexity index is 591. The molecule has 0 unspecified atom stereocenters. The molecule has 0 aliphatic rings. The maximum absolute atomic E-state index is 2.31. The molecule has 0 atom stereocenters. The number of aryl methyl sites for hydroxylation is 2. The maximum atomic E-state index is 2.31. The van der Waals surface area contributed by atoms with Gasteiger partial charge in [0, 0.05) is 37.1 Å². The van der Waals surface area contributed by atoms with Crippen LogP contribution in [-0.2, 0) is 23.9 Å². The van der Waals surface area contributed by atoms with Crippen LogP contribution in [0.15, 0.2) is 49.1 Å². The third kappa shape index (κ3) is 8.19. The summed E-state index contributed by atoms with van der Waals surface area (Å²) < 4.78 is 4.61. The minimum absolute atomic E-state index is 0. The molecule has 0 saturated heterocycles. The number of hydrogen-bond acceptors (Lipinski definition) is 2. The van der Waals surface area contributed by atoms with Crippen molar-refractivity contribution in [1.29, 1.82) is 0 Å². The van der Waals surface area contributed by atoms with Gasteiger partial charge < -0.3 is 11.0 Å². The van der Waals surface area contributed by atoms with Crippen molar-refractivity contribution in [2.45, 2.75) is 84.7 Å². The van der Waals surface area contributed by atoms with Crippen LogP contribution in [0.4, 0.5) is 0 Å². The normalized spacial score (nSPS) is 11.5. The number of hydrogen-bond donors (Lipinski definition) is 0. The van der Waals surface area contributed by atoms with E-state index in [-0.39, 0.29) is 21.8 Å². The highest BCUT2D eigenvalue weighted by atomic mass is 16.0. The Balaban J connectivity index is 0.00000338. The molecule has 0 radical (unpaired) electrons. The first kappa shape index (κ1) is 25.2. The number of unbranched alkanes of at least 4 members (excludes halogenated alkanes) is 2. The molecule has 0 aromatic carbocycles. The van der Waals surface area contributed by atoms with E-state index in [0.717, 1.165) is 13.1 Å². The van der Waals surface area contributed by atoms with Crippen LogP contribution in [0.3, 0.4) is 0 Å². The predicted molar refractivity (Wildman–Crippen MR) is 108 cm³/mol. The summed E-state index contributed by atoms with van der Waals surface area (Å²) in [4.78, 5) is 0. The van der Waals surface area contributed by atoms with Crippen molar-refractivity contribution in [3.63, 3.8) is 0 Å². The van der Waals surface area contributed by atoms with Gasteiger partial charge in [0.2, 0.25) is 0 Å². The average molecular weight is 375 g/mol. The van der Waals surface area contributed by atoms with E-state index in [1.807, 2.05) is 0 Å². The van der Waals surface area contributed by atoms with Crippen LogP contribution in [0.5, 0.6) is 0 Å². The van der Waals surface area contributed by atoms with Crippen LogP contribution in [0.2, 0.25) is 0 Å². The zero-order chi connectivity index (χ0) is 18.5. The van der Waals surface area contributed by atoms with Gasteiger partial charge in [-0.3, -0.25) is 0 Å². The lowest BCUT2D eigenvalue weighted by Gasteiger charge is -2.17. The van der Waals surface area contributed by atoms with E-state index in [4.69, 9.17) is 0 Å². The smallest absolute Gasteiger partial charge is 0.169 e. The number of aromatic nitrogens is 2. The second kappa shape index (κ2) is 10.5. The number of nitrogens with zero attached hydrogens (tertiary/aromatic N) is 2. The van der Waals surface area contributed by atoms with Gasteiger partial charge in [-0.1, -0.05) is 41.5 Å². The lowest BCUT2D eigenvalue weighted by molar-refractivity contribution is -0.701. The first-order valence-corrected chi connectivity index (χ1v) is 9.65. The van der Waals surface area contributed by atoms with Crippen molar-refractivity contribution in [1.82, 2.24) is 0 Å². The summed E-state index contributed by atoms with van der Waals surface area (Å²) in [6, 6.07) is 9.03. The van der Waals surface area contributed by atoms with Gasteiger partial charge in [-0.25, -0.2) is 9.13 Å². The lowest BCUT2D eigenvalue weighted by Crippen LogP contribution is -2.34. The molecule has 4 nitrogen and oxygen atoms in total. The molecule has 0 aliphatic carbocycles.